The van der Waals surface area contributed by atoms with E-state index in [2.05, 4.69) is 26.1 Å². The zero-order chi connectivity index (χ0) is 13.5. The highest BCUT2D eigenvalue weighted by Gasteiger charge is 2.23. The van der Waals surface area contributed by atoms with Crippen LogP contribution in [-0.2, 0) is 4.74 Å². The van der Waals surface area contributed by atoms with Gasteiger partial charge in [0.2, 0.25) is 0 Å². The molecule has 0 aromatic carbocycles. The average Bonchev–Trinajstić information content (AvgIpc) is 2.34. The molecule has 1 atom stereocenters. The van der Waals surface area contributed by atoms with E-state index in [1.165, 1.54) is 0 Å². The van der Waals surface area contributed by atoms with E-state index in [4.69, 9.17) is 4.74 Å². The molecular weight excluding hydrogens is 228 g/mol. The summed E-state index contributed by atoms with van der Waals surface area (Å²) in [5.74, 6) is 1.14. The molecule has 4 nitrogen and oxygen atoms in total. The van der Waals surface area contributed by atoms with E-state index in [0.717, 1.165) is 31.8 Å². The fourth-order valence-corrected chi connectivity index (χ4v) is 2.11. The van der Waals surface area contributed by atoms with Crippen molar-refractivity contribution in [3.05, 3.63) is 0 Å². The van der Waals surface area contributed by atoms with Crippen molar-refractivity contribution >= 4 is 6.03 Å². The third-order valence-electron chi connectivity index (χ3n) is 3.69. The molecule has 1 aliphatic rings. The molecule has 18 heavy (non-hydrogen) atoms. The first kappa shape index (κ1) is 15.3. The molecule has 1 rings (SSSR count). The number of hydrogen-bond donors (Lipinski definition) is 1. The number of nitrogens with zero attached hydrogens (tertiary/aromatic N) is 1. The first-order chi connectivity index (χ1) is 8.54. The summed E-state index contributed by atoms with van der Waals surface area (Å²) in [6.07, 6.45) is 2.23. The van der Waals surface area contributed by atoms with Gasteiger partial charge in [-0.1, -0.05) is 20.8 Å². The van der Waals surface area contributed by atoms with Crippen molar-refractivity contribution < 1.29 is 9.53 Å². The van der Waals surface area contributed by atoms with Crippen LogP contribution in [0.15, 0.2) is 0 Å². The van der Waals surface area contributed by atoms with Crippen molar-refractivity contribution in [2.75, 3.05) is 26.3 Å². The average molecular weight is 256 g/mol. The summed E-state index contributed by atoms with van der Waals surface area (Å²) >= 11 is 0. The third kappa shape index (κ3) is 4.84. The second kappa shape index (κ2) is 7.62. The molecule has 0 aromatic heterocycles. The maximum atomic E-state index is 12.1. The highest BCUT2D eigenvalue weighted by molar-refractivity contribution is 5.74. The highest BCUT2D eigenvalue weighted by Crippen LogP contribution is 2.16. The summed E-state index contributed by atoms with van der Waals surface area (Å²) in [5.41, 5.74) is 0. The number of rotatable bonds is 5. The lowest BCUT2D eigenvalue weighted by Crippen LogP contribution is -2.50. The fraction of sp³-hybridized carbons (Fsp3) is 0.929. The van der Waals surface area contributed by atoms with Crippen LogP contribution in [0.2, 0.25) is 0 Å². The van der Waals surface area contributed by atoms with Crippen molar-refractivity contribution in [2.24, 2.45) is 11.8 Å². The van der Waals surface area contributed by atoms with Gasteiger partial charge >= 0.3 is 6.03 Å². The minimum Gasteiger partial charge on any atom is -0.380 e. The number of urea groups is 1. The molecule has 4 heteroatoms. The zero-order valence-electron chi connectivity index (χ0n) is 12.2. The number of likely N-dealkylation sites (tertiary alicyclic amines) is 1. The summed E-state index contributed by atoms with van der Waals surface area (Å²) in [6, 6.07) is 0.178. The maximum Gasteiger partial charge on any atom is 0.317 e. The predicted octanol–water partition coefficient (Wildman–Crippen LogP) is 2.49. The zero-order valence-corrected chi connectivity index (χ0v) is 12.2. The monoisotopic (exact) mass is 256 g/mol. The lowest BCUT2D eigenvalue weighted by atomic mass is 9.99. The second-order valence-electron chi connectivity index (χ2n) is 5.63. The number of piperidine rings is 1. The fourth-order valence-electron chi connectivity index (χ4n) is 2.11. The second-order valence-corrected chi connectivity index (χ2v) is 5.63. The van der Waals surface area contributed by atoms with Crippen LogP contribution in [0.5, 0.6) is 0 Å². The van der Waals surface area contributed by atoms with E-state index in [1.54, 1.807) is 0 Å². The smallest absolute Gasteiger partial charge is 0.317 e. The third-order valence-corrected chi connectivity index (χ3v) is 3.69. The normalized spacial score (nSPS) is 19.1. The molecule has 0 spiro atoms. The Balaban J connectivity index is 2.40. The maximum absolute atomic E-state index is 12.1. The van der Waals surface area contributed by atoms with Crippen molar-refractivity contribution in [1.82, 2.24) is 10.2 Å². The highest BCUT2D eigenvalue weighted by atomic mass is 16.5. The Bertz CT molecular complexity index is 248. The van der Waals surface area contributed by atoms with Crippen molar-refractivity contribution in [2.45, 2.75) is 46.6 Å². The van der Waals surface area contributed by atoms with Gasteiger partial charge in [-0.25, -0.2) is 4.79 Å². The number of nitrogens with one attached hydrogen (secondary N) is 1. The minimum atomic E-state index is 0.0697. The number of carbonyl (C=O) groups excluding carboxylic acids is 1. The molecule has 0 bridgehead atoms. The lowest BCUT2D eigenvalue weighted by molar-refractivity contribution is 0.104. The summed E-state index contributed by atoms with van der Waals surface area (Å²) in [5, 5.41) is 3.10. The van der Waals surface area contributed by atoms with Gasteiger partial charge in [0.25, 0.3) is 0 Å². The van der Waals surface area contributed by atoms with Crippen molar-refractivity contribution in [3.8, 4) is 0 Å². The Morgan fingerprint density at radius 2 is 2.00 bits per heavy atom. The molecule has 1 N–H and O–H groups in total. The first-order valence-corrected chi connectivity index (χ1v) is 7.17. The van der Waals surface area contributed by atoms with Crippen LogP contribution < -0.4 is 5.32 Å². The van der Waals surface area contributed by atoms with Gasteiger partial charge in [-0.15, -0.1) is 0 Å². The van der Waals surface area contributed by atoms with Crippen LogP contribution in [-0.4, -0.2) is 43.3 Å². The van der Waals surface area contributed by atoms with Gasteiger partial charge in [0.1, 0.15) is 0 Å². The number of hydrogen-bond acceptors (Lipinski definition) is 2. The molecule has 1 heterocycles. The van der Waals surface area contributed by atoms with Gasteiger partial charge < -0.3 is 15.0 Å². The SMILES string of the molecule is CCOCC(NC(=O)N1CCC(C)CC1)C(C)C. The molecule has 0 saturated carbocycles. The first-order valence-electron chi connectivity index (χ1n) is 7.17. The number of ether oxygens (including phenoxy) is 1. The molecule has 1 saturated heterocycles. The van der Waals surface area contributed by atoms with Crippen molar-refractivity contribution in [1.29, 1.82) is 0 Å². The van der Waals surface area contributed by atoms with E-state index in [1.807, 2.05) is 11.8 Å². The van der Waals surface area contributed by atoms with Crippen LogP contribution in [0.1, 0.15) is 40.5 Å². The molecule has 0 radical (unpaired) electrons. The van der Waals surface area contributed by atoms with Gasteiger partial charge in [0.05, 0.1) is 12.6 Å². The topological polar surface area (TPSA) is 41.6 Å². The number of amides is 2. The molecule has 1 fully saturated rings. The van der Waals surface area contributed by atoms with Gasteiger partial charge in [-0.3, -0.25) is 0 Å². The molecule has 2 amide bonds. The Hall–Kier alpha value is -0.770. The Kier molecular flexibility index (Phi) is 6.47. The van der Waals surface area contributed by atoms with E-state index in [-0.39, 0.29) is 12.1 Å². The summed E-state index contributed by atoms with van der Waals surface area (Å²) in [4.78, 5) is 14.1. The Labute approximate surface area is 111 Å². The summed E-state index contributed by atoms with van der Waals surface area (Å²) in [6.45, 7) is 11.5. The largest absolute Gasteiger partial charge is 0.380 e. The van der Waals surface area contributed by atoms with Crippen LogP contribution in [0, 0.1) is 11.8 Å². The molecule has 106 valence electrons. The molecule has 0 aromatic rings. The summed E-state index contributed by atoms with van der Waals surface area (Å²) < 4.78 is 5.43. The summed E-state index contributed by atoms with van der Waals surface area (Å²) in [7, 11) is 0. The molecule has 0 aliphatic carbocycles. The molecular formula is C14H28N2O2. The van der Waals surface area contributed by atoms with Gasteiger partial charge in [-0.05, 0) is 31.6 Å². The molecule has 1 aliphatic heterocycles. The van der Waals surface area contributed by atoms with Gasteiger partial charge in [-0.2, -0.15) is 0 Å². The Morgan fingerprint density at radius 3 is 2.50 bits per heavy atom. The van der Waals surface area contributed by atoms with E-state index < -0.39 is 0 Å². The van der Waals surface area contributed by atoms with Crippen LogP contribution in [0.25, 0.3) is 0 Å². The lowest BCUT2D eigenvalue weighted by Gasteiger charge is -2.32. The van der Waals surface area contributed by atoms with Gasteiger partial charge in [0, 0.05) is 19.7 Å². The minimum absolute atomic E-state index is 0.0697. The molecule has 1 unspecified atom stereocenters. The Morgan fingerprint density at radius 1 is 1.39 bits per heavy atom. The predicted molar refractivity (Wildman–Crippen MR) is 73.6 cm³/mol. The van der Waals surface area contributed by atoms with Crippen LogP contribution >= 0.6 is 0 Å². The van der Waals surface area contributed by atoms with Crippen LogP contribution in [0.4, 0.5) is 4.79 Å². The van der Waals surface area contributed by atoms with E-state index in [9.17, 15) is 4.79 Å². The standard InChI is InChI=1S/C14H28N2O2/c1-5-18-10-13(11(2)3)15-14(17)16-8-6-12(4)7-9-16/h11-13H,5-10H2,1-4H3,(H,15,17). The van der Waals surface area contributed by atoms with Gasteiger partial charge in [0.15, 0.2) is 0 Å². The number of carbonyl (C=O) groups is 1. The quantitative estimate of drug-likeness (QED) is 0.821. The van der Waals surface area contributed by atoms with Crippen LogP contribution in [0.3, 0.4) is 0 Å². The van der Waals surface area contributed by atoms with Crippen molar-refractivity contribution in [3.63, 3.8) is 0 Å². The van der Waals surface area contributed by atoms with E-state index >= 15 is 0 Å². The van der Waals surface area contributed by atoms with E-state index in [0.29, 0.717) is 19.1 Å².